The van der Waals surface area contributed by atoms with Crippen LogP contribution in [-0.2, 0) is 9.53 Å². The number of rotatable bonds is 3. The Kier molecular flexibility index (Phi) is 4.56. The molecule has 1 amide bonds. The van der Waals surface area contributed by atoms with E-state index >= 15 is 0 Å². The lowest BCUT2D eigenvalue weighted by molar-refractivity contribution is -0.907. The second-order valence-corrected chi connectivity index (χ2v) is 6.95. The van der Waals surface area contributed by atoms with Crippen molar-refractivity contribution < 1.29 is 14.4 Å². The molecule has 0 saturated carbocycles. The maximum Gasteiger partial charge on any atom is 0.323 e. The zero-order valence-electron chi connectivity index (χ0n) is 13.0. The molecule has 1 aliphatic rings. The molecule has 4 N–H and O–H groups in total. The van der Waals surface area contributed by atoms with Gasteiger partial charge in [0.15, 0.2) is 6.54 Å². The van der Waals surface area contributed by atoms with Crippen molar-refractivity contribution in [2.75, 3.05) is 25.0 Å². The predicted octanol–water partition coefficient (Wildman–Crippen LogP) is 0.249. The smallest absolute Gasteiger partial charge is 0.323 e. The van der Waals surface area contributed by atoms with E-state index in [9.17, 15) is 9.59 Å². The molecule has 7 nitrogen and oxygen atoms in total. The topological polar surface area (TPSA) is 91.4 Å². The van der Waals surface area contributed by atoms with E-state index in [-0.39, 0.29) is 23.8 Å². The van der Waals surface area contributed by atoms with Gasteiger partial charge in [-0.15, -0.1) is 0 Å². The number of imidazole rings is 1. The number of fused-ring (bicyclic) bond motifs is 1. The monoisotopic (exact) mass is 383 g/mol. The van der Waals surface area contributed by atoms with Gasteiger partial charge in [-0.2, -0.15) is 0 Å². The van der Waals surface area contributed by atoms with Crippen molar-refractivity contribution in [1.29, 1.82) is 0 Å². The normalized spacial score (nSPS) is 24.7. The lowest BCUT2D eigenvalue weighted by Crippen LogP contribution is -3.16. The van der Waals surface area contributed by atoms with Gasteiger partial charge < -0.3 is 24.9 Å². The summed E-state index contributed by atoms with van der Waals surface area (Å²) in [5, 5.41) is 2.91. The van der Waals surface area contributed by atoms with E-state index in [1.807, 2.05) is 13.8 Å². The Morgan fingerprint density at radius 3 is 2.57 bits per heavy atom. The summed E-state index contributed by atoms with van der Waals surface area (Å²) >= 11 is 3.42. The minimum absolute atomic E-state index is 0.0563. The van der Waals surface area contributed by atoms with Gasteiger partial charge in [0.25, 0.3) is 5.91 Å². The van der Waals surface area contributed by atoms with Gasteiger partial charge in [0, 0.05) is 4.47 Å². The molecule has 2 aromatic rings. The number of carbonyl (C=O) groups is 1. The molecule has 1 aromatic carbocycles. The molecule has 124 valence electrons. The lowest BCUT2D eigenvalue weighted by Gasteiger charge is -2.31. The largest absolute Gasteiger partial charge is 0.364 e. The van der Waals surface area contributed by atoms with Crippen molar-refractivity contribution in [2.45, 2.75) is 26.1 Å². The number of hydrogen-bond acceptors (Lipinski definition) is 3. The van der Waals surface area contributed by atoms with E-state index < -0.39 is 0 Å². The first kappa shape index (κ1) is 16.2. The fourth-order valence-corrected chi connectivity index (χ4v) is 3.55. The SMILES string of the molecule is C[C@@H]1C[NH+](CC(=O)Nc2cc3[nH]c(=O)[nH]c3cc2Br)C[C@@H](C)O1. The van der Waals surface area contributed by atoms with Crippen LogP contribution >= 0.6 is 15.9 Å². The van der Waals surface area contributed by atoms with E-state index in [0.717, 1.165) is 17.6 Å². The summed E-state index contributed by atoms with van der Waals surface area (Å²) in [4.78, 5) is 30.2. The third kappa shape index (κ3) is 3.82. The van der Waals surface area contributed by atoms with Gasteiger partial charge in [-0.3, -0.25) is 4.79 Å². The Bertz CT molecular complexity index is 775. The standard InChI is InChI=1S/C15H19BrN4O3/c1-8-5-20(6-9(2)23-8)7-14(21)17-11-4-13-12(3-10(11)16)18-15(22)19-13/h3-4,8-9H,5-7H2,1-2H3,(H,17,21)(H2,18,19,22)/p+1/t8-,9-/m1/s1. The fraction of sp³-hybridized carbons (Fsp3) is 0.467. The van der Waals surface area contributed by atoms with Gasteiger partial charge in [-0.25, -0.2) is 4.79 Å². The van der Waals surface area contributed by atoms with Gasteiger partial charge in [0.05, 0.1) is 16.7 Å². The van der Waals surface area contributed by atoms with Crippen molar-refractivity contribution in [1.82, 2.24) is 9.97 Å². The molecule has 0 unspecified atom stereocenters. The molecule has 1 saturated heterocycles. The summed E-state index contributed by atoms with van der Waals surface area (Å²) in [6.07, 6.45) is 0.323. The highest BCUT2D eigenvalue weighted by Crippen LogP contribution is 2.26. The average Bonchev–Trinajstić information content (AvgIpc) is 2.76. The number of ether oxygens (including phenoxy) is 1. The number of carbonyl (C=O) groups excluding carboxylic acids is 1. The molecule has 3 rings (SSSR count). The van der Waals surface area contributed by atoms with E-state index in [0.29, 0.717) is 23.3 Å². The molecule has 1 aliphatic heterocycles. The van der Waals surface area contributed by atoms with Gasteiger partial charge in [0.2, 0.25) is 0 Å². The molecular formula is C15H20BrN4O3+. The number of amides is 1. The second kappa shape index (κ2) is 6.46. The third-order valence-electron chi connectivity index (χ3n) is 3.91. The number of quaternary nitrogens is 1. The molecule has 23 heavy (non-hydrogen) atoms. The zero-order chi connectivity index (χ0) is 16.6. The summed E-state index contributed by atoms with van der Waals surface area (Å²) in [6, 6.07) is 3.52. The van der Waals surface area contributed by atoms with Gasteiger partial charge in [0.1, 0.15) is 25.3 Å². The molecular weight excluding hydrogens is 364 g/mol. The van der Waals surface area contributed by atoms with E-state index in [4.69, 9.17) is 4.74 Å². The second-order valence-electron chi connectivity index (χ2n) is 6.10. The van der Waals surface area contributed by atoms with Crippen LogP contribution in [0.15, 0.2) is 21.4 Å². The van der Waals surface area contributed by atoms with Crippen molar-refractivity contribution in [3.05, 3.63) is 27.1 Å². The van der Waals surface area contributed by atoms with Crippen molar-refractivity contribution in [2.24, 2.45) is 0 Å². The Morgan fingerprint density at radius 1 is 1.30 bits per heavy atom. The fourth-order valence-electron chi connectivity index (χ4n) is 3.11. The van der Waals surface area contributed by atoms with Crippen LogP contribution in [0.5, 0.6) is 0 Å². The van der Waals surface area contributed by atoms with E-state index in [1.54, 1.807) is 12.1 Å². The van der Waals surface area contributed by atoms with Crippen LogP contribution in [0.25, 0.3) is 11.0 Å². The van der Waals surface area contributed by atoms with E-state index in [1.165, 1.54) is 4.90 Å². The Morgan fingerprint density at radius 2 is 1.91 bits per heavy atom. The molecule has 8 heteroatoms. The number of aromatic nitrogens is 2. The van der Waals surface area contributed by atoms with Crippen molar-refractivity contribution >= 4 is 38.6 Å². The Balaban J connectivity index is 1.70. The van der Waals surface area contributed by atoms with E-state index in [2.05, 4.69) is 31.2 Å². The predicted molar refractivity (Wildman–Crippen MR) is 90.8 cm³/mol. The maximum absolute atomic E-state index is 12.3. The zero-order valence-corrected chi connectivity index (χ0v) is 14.6. The highest BCUT2D eigenvalue weighted by atomic mass is 79.9. The number of H-pyrrole nitrogens is 2. The molecule has 0 bridgehead atoms. The van der Waals surface area contributed by atoms with Crippen LogP contribution in [0.1, 0.15) is 13.8 Å². The number of anilines is 1. The number of hydrogen-bond donors (Lipinski definition) is 4. The first-order valence-electron chi connectivity index (χ1n) is 7.61. The Hall–Kier alpha value is -1.64. The molecule has 0 radical (unpaired) electrons. The van der Waals surface area contributed by atoms with Gasteiger partial charge >= 0.3 is 5.69 Å². The molecule has 0 aliphatic carbocycles. The summed E-state index contributed by atoms with van der Waals surface area (Å²) in [6.45, 7) is 6.10. The number of nitrogens with one attached hydrogen (secondary N) is 4. The van der Waals surface area contributed by atoms with Crippen LogP contribution in [-0.4, -0.2) is 47.7 Å². The van der Waals surface area contributed by atoms with Gasteiger partial charge in [-0.1, -0.05) is 0 Å². The molecule has 1 aromatic heterocycles. The lowest BCUT2D eigenvalue weighted by atomic mass is 10.2. The van der Waals surface area contributed by atoms with Crippen LogP contribution in [0.2, 0.25) is 0 Å². The summed E-state index contributed by atoms with van der Waals surface area (Å²) in [7, 11) is 0. The summed E-state index contributed by atoms with van der Waals surface area (Å²) < 4.78 is 6.42. The summed E-state index contributed by atoms with van der Waals surface area (Å²) in [5.74, 6) is -0.0563. The minimum Gasteiger partial charge on any atom is -0.364 e. The number of benzene rings is 1. The molecule has 1 fully saturated rings. The quantitative estimate of drug-likeness (QED) is 0.612. The average molecular weight is 384 g/mol. The van der Waals surface area contributed by atoms with Crippen molar-refractivity contribution in [3.63, 3.8) is 0 Å². The molecule has 0 spiro atoms. The van der Waals surface area contributed by atoms with Crippen LogP contribution in [0.4, 0.5) is 5.69 Å². The van der Waals surface area contributed by atoms with Crippen LogP contribution in [0, 0.1) is 0 Å². The highest BCUT2D eigenvalue weighted by molar-refractivity contribution is 9.10. The van der Waals surface area contributed by atoms with Crippen molar-refractivity contribution in [3.8, 4) is 0 Å². The highest BCUT2D eigenvalue weighted by Gasteiger charge is 2.27. The number of aromatic amines is 2. The Labute approximate surface area is 141 Å². The van der Waals surface area contributed by atoms with Crippen LogP contribution in [0.3, 0.4) is 0 Å². The minimum atomic E-state index is -0.267. The number of halogens is 1. The van der Waals surface area contributed by atoms with Crippen LogP contribution < -0.4 is 15.9 Å². The van der Waals surface area contributed by atoms with Gasteiger partial charge in [-0.05, 0) is 41.9 Å². The molecule has 2 heterocycles. The first-order valence-corrected chi connectivity index (χ1v) is 8.40. The maximum atomic E-state index is 12.3. The number of morpholine rings is 1. The summed E-state index contributed by atoms with van der Waals surface area (Å²) in [5.41, 5.74) is 1.73. The third-order valence-corrected chi connectivity index (χ3v) is 4.56. The molecule has 2 atom stereocenters. The first-order chi connectivity index (χ1) is 10.9.